The SMILES string of the molecule is Cc1cc(C)c(-n2c(C)cc(C=C(C#N)c3ccc4ccccc4c3)c2C)c(C)c1. The van der Waals surface area contributed by atoms with Crippen molar-refractivity contribution in [3.05, 3.63) is 99.9 Å². The maximum atomic E-state index is 9.89. The van der Waals surface area contributed by atoms with Crippen LogP contribution in [0.25, 0.3) is 28.1 Å². The average Bonchev–Trinajstić information content (AvgIpc) is 2.98. The van der Waals surface area contributed by atoms with Crippen LogP contribution in [0.3, 0.4) is 0 Å². The molecule has 0 aliphatic carbocycles. The van der Waals surface area contributed by atoms with E-state index in [0.717, 1.165) is 22.2 Å². The highest BCUT2D eigenvalue weighted by molar-refractivity contribution is 5.94. The fraction of sp³-hybridized carbons (Fsp3) is 0.179. The Morgan fingerprint density at radius 1 is 0.833 bits per heavy atom. The van der Waals surface area contributed by atoms with Crippen LogP contribution in [0.15, 0.2) is 60.7 Å². The molecular weight excluding hydrogens is 364 g/mol. The Labute approximate surface area is 178 Å². The molecule has 0 amide bonds. The van der Waals surface area contributed by atoms with E-state index in [1.54, 1.807) is 0 Å². The second-order valence-electron chi connectivity index (χ2n) is 8.14. The van der Waals surface area contributed by atoms with Crippen LogP contribution in [-0.2, 0) is 0 Å². The fourth-order valence-corrected chi connectivity index (χ4v) is 4.50. The maximum Gasteiger partial charge on any atom is 0.0998 e. The Balaban J connectivity index is 1.84. The van der Waals surface area contributed by atoms with Gasteiger partial charge in [0, 0.05) is 11.4 Å². The topological polar surface area (TPSA) is 28.7 Å². The monoisotopic (exact) mass is 390 g/mol. The van der Waals surface area contributed by atoms with Gasteiger partial charge in [0.25, 0.3) is 0 Å². The molecule has 1 heterocycles. The van der Waals surface area contributed by atoms with Gasteiger partial charge in [-0.1, -0.05) is 54.1 Å². The summed E-state index contributed by atoms with van der Waals surface area (Å²) >= 11 is 0. The van der Waals surface area contributed by atoms with Gasteiger partial charge in [0.2, 0.25) is 0 Å². The first kappa shape index (κ1) is 19.7. The molecule has 0 N–H and O–H groups in total. The number of hydrogen-bond acceptors (Lipinski definition) is 1. The maximum absolute atomic E-state index is 9.89. The fourth-order valence-electron chi connectivity index (χ4n) is 4.50. The molecule has 4 rings (SSSR count). The number of fused-ring (bicyclic) bond motifs is 1. The molecule has 0 aliphatic heterocycles. The summed E-state index contributed by atoms with van der Waals surface area (Å²) in [4.78, 5) is 0. The van der Waals surface area contributed by atoms with Crippen LogP contribution in [0.4, 0.5) is 0 Å². The van der Waals surface area contributed by atoms with Gasteiger partial charge in [-0.05, 0) is 85.9 Å². The van der Waals surface area contributed by atoms with Crippen molar-refractivity contribution in [2.45, 2.75) is 34.6 Å². The van der Waals surface area contributed by atoms with E-state index in [1.807, 2.05) is 24.3 Å². The number of aromatic nitrogens is 1. The van der Waals surface area contributed by atoms with Crippen molar-refractivity contribution in [3.63, 3.8) is 0 Å². The van der Waals surface area contributed by atoms with Crippen LogP contribution >= 0.6 is 0 Å². The predicted octanol–water partition coefficient (Wildman–Crippen LogP) is 7.24. The highest BCUT2D eigenvalue weighted by Crippen LogP contribution is 2.30. The minimum atomic E-state index is 0.679. The minimum Gasteiger partial charge on any atom is -0.317 e. The molecule has 0 aliphatic rings. The summed E-state index contributed by atoms with van der Waals surface area (Å²) in [5.41, 5.74) is 10.1. The smallest absolute Gasteiger partial charge is 0.0998 e. The molecule has 4 aromatic rings. The van der Waals surface area contributed by atoms with Crippen LogP contribution in [0, 0.1) is 45.9 Å². The Morgan fingerprint density at radius 2 is 1.50 bits per heavy atom. The Bertz CT molecular complexity index is 1320. The van der Waals surface area contributed by atoms with Gasteiger partial charge in [0.1, 0.15) is 0 Å². The van der Waals surface area contributed by atoms with E-state index < -0.39 is 0 Å². The largest absolute Gasteiger partial charge is 0.317 e. The molecule has 0 unspecified atom stereocenters. The van der Waals surface area contributed by atoms with Crippen molar-refractivity contribution < 1.29 is 0 Å². The van der Waals surface area contributed by atoms with Gasteiger partial charge >= 0.3 is 0 Å². The number of nitrogens with zero attached hydrogens (tertiary/aromatic N) is 2. The molecule has 30 heavy (non-hydrogen) atoms. The van der Waals surface area contributed by atoms with Gasteiger partial charge < -0.3 is 4.57 Å². The lowest BCUT2D eigenvalue weighted by Gasteiger charge is -2.17. The Hall–Kier alpha value is -3.57. The lowest BCUT2D eigenvalue weighted by atomic mass is 10.00. The lowest BCUT2D eigenvalue weighted by Crippen LogP contribution is -2.04. The number of aryl methyl sites for hydroxylation is 4. The Kier molecular flexibility index (Phi) is 5.06. The second kappa shape index (κ2) is 7.69. The van der Waals surface area contributed by atoms with Crippen molar-refractivity contribution in [3.8, 4) is 11.8 Å². The van der Waals surface area contributed by atoms with Gasteiger partial charge in [-0.2, -0.15) is 5.26 Å². The summed E-state index contributed by atoms with van der Waals surface area (Å²) in [5.74, 6) is 0. The first-order valence-electron chi connectivity index (χ1n) is 10.3. The van der Waals surface area contributed by atoms with E-state index in [-0.39, 0.29) is 0 Å². The van der Waals surface area contributed by atoms with Gasteiger partial charge in [0.05, 0.1) is 17.3 Å². The molecule has 0 saturated heterocycles. The minimum absolute atomic E-state index is 0.679. The first-order valence-corrected chi connectivity index (χ1v) is 10.3. The molecule has 2 heteroatoms. The van der Waals surface area contributed by atoms with Gasteiger partial charge in [-0.15, -0.1) is 0 Å². The molecule has 0 bridgehead atoms. The third kappa shape index (κ3) is 3.44. The highest BCUT2D eigenvalue weighted by atomic mass is 15.0. The van der Waals surface area contributed by atoms with Crippen LogP contribution < -0.4 is 0 Å². The van der Waals surface area contributed by atoms with E-state index >= 15 is 0 Å². The van der Waals surface area contributed by atoms with E-state index in [4.69, 9.17) is 0 Å². The molecule has 0 radical (unpaired) electrons. The van der Waals surface area contributed by atoms with Crippen molar-refractivity contribution in [2.75, 3.05) is 0 Å². The third-order valence-electron chi connectivity index (χ3n) is 5.81. The van der Waals surface area contributed by atoms with Crippen LogP contribution in [0.2, 0.25) is 0 Å². The molecule has 0 atom stereocenters. The van der Waals surface area contributed by atoms with Crippen LogP contribution in [-0.4, -0.2) is 4.57 Å². The van der Waals surface area contributed by atoms with E-state index in [1.165, 1.54) is 33.5 Å². The summed E-state index contributed by atoms with van der Waals surface area (Å²) in [5, 5.41) is 12.2. The predicted molar refractivity (Wildman–Crippen MR) is 127 cm³/mol. The molecular formula is C28H26N2. The highest BCUT2D eigenvalue weighted by Gasteiger charge is 2.14. The number of allylic oxidation sites excluding steroid dienone is 1. The average molecular weight is 391 g/mol. The molecule has 2 nitrogen and oxygen atoms in total. The van der Waals surface area contributed by atoms with Crippen molar-refractivity contribution in [1.29, 1.82) is 5.26 Å². The molecule has 3 aromatic carbocycles. The molecule has 148 valence electrons. The number of hydrogen-bond donors (Lipinski definition) is 0. The molecule has 0 spiro atoms. The summed E-state index contributed by atoms with van der Waals surface area (Å²) in [6.07, 6.45) is 2.02. The zero-order valence-electron chi connectivity index (χ0n) is 18.2. The van der Waals surface area contributed by atoms with Crippen LogP contribution in [0.5, 0.6) is 0 Å². The quantitative estimate of drug-likeness (QED) is 0.339. The zero-order valence-corrected chi connectivity index (χ0v) is 18.2. The van der Waals surface area contributed by atoms with Gasteiger partial charge in [-0.3, -0.25) is 0 Å². The normalized spacial score (nSPS) is 11.7. The summed E-state index contributed by atoms with van der Waals surface area (Å²) in [7, 11) is 0. The van der Waals surface area contributed by atoms with Crippen LogP contribution in [0.1, 0.15) is 39.2 Å². The summed E-state index contributed by atoms with van der Waals surface area (Å²) in [6, 6.07) is 23.5. The van der Waals surface area contributed by atoms with Crippen molar-refractivity contribution >= 4 is 22.4 Å². The van der Waals surface area contributed by atoms with E-state index in [2.05, 4.69) is 87.7 Å². The van der Waals surface area contributed by atoms with E-state index in [9.17, 15) is 5.26 Å². The number of rotatable bonds is 3. The molecule has 0 saturated carbocycles. The number of nitriles is 1. The third-order valence-corrected chi connectivity index (χ3v) is 5.81. The Morgan fingerprint density at radius 3 is 2.17 bits per heavy atom. The summed E-state index contributed by atoms with van der Waals surface area (Å²) < 4.78 is 2.31. The van der Waals surface area contributed by atoms with E-state index in [0.29, 0.717) is 5.57 Å². The second-order valence-corrected chi connectivity index (χ2v) is 8.14. The molecule has 0 fully saturated rings. The summed E-state index contributed by atoms with van der Waals surface area (Å²) in [6.45, 7) is 10.7. The van der Waals surface area contributed by atoms with Crippen molar-refractivity contribution in [1.82, 2.24) is 4.57 Å². The van der Waals surface area contributed by atoms with Crippen molar-refractivity contribution in [2.24, 2.45) is 0 Å². The number of benzene rings is 3. The first-order chi connectivity index (χ1) is 14.4. The lowest BCUT2D eigenvalue weighted by molar-refractivity contribution is 0.941. The zero-order chi connectivity index (χ0) is 21.4. The van der Waals surface area contributed by atoms with Gasteiger partial charge in [0.15, 0.2) is 0 Å². The molecule has 1 aromatic heterocycles. The standard InChI is InChI=1S/C28H26N2/c1-18-12-19(2)28(20(3)13-18)30-21(4)14-26(22(30)5)16-27(17-29)25-11-10-23-8-6-7-9-24(23)15-25/h6-16H,1-5H3. The van der Waals surface area contributed by atoms with Gasteiger partial charge in [-0.25, -0.2) is 0 Å².